The van der Waals surface area contributed by atoms with Gasteiger partial charge in [0, 0.05) is 5.02 Å². The van der Waals surface area contributed by atoms with Gasteiger partial charge < -0.3 is 19.3 Å². The van der Waals surface area contributed by atoms with E-state index in [1.165, 1.54) is 18.9 Å². The summed E-state index contributed by atoms with van der Waals surface area (Å²) in [6, 6.07) is 12.3. The Bertz CT molecular complexity index is 1060. The fourth-order valence-corrected chi connectivity index (χ4v) is 3.93. The Kier molecular flexibility index (Phi) is 5.02. The van der Waals surface area contributed by atoms with Crippen LogP contribution in [0.15, 0.2) is 63.7 Å². The van der Waals surface area contributed by atoms with Crippen LogP contribution in [-0.2, 0) is 9.53 Å². The van der Waals surface area contributed by atoms with Gasteiger partial charge in [-0.3, -0.25) is 0 Å². The van der Waals surface area contributed by atoms with Crippen LogP contribution in [0.2, 0.25) is 5.02 Å². The predicted octanol–water partition coefficient (Wildman–Crippen LogP) is 4.87. The molecule has 0 saturated carbocycles. The monoisotopic (exact) mass is 415 g/mol. The van der Waals surface area contributed by atoms with Crippen LogP contribution in [0.25, 0.3) is 6.08 Å². The lowest BCUT2D eigenvalue weighted by Crippen LogP contribution is -2.10. The van der Waals surface area contributed by atoms with E-state index in [0.717, 1.165) is 5.56 Å². The average Bonchev–Trinajstić information content (AvgIpc) is 3.26. The van der Waals surface area contributed by atoms with Crippen molar-refractivity contribution >= 4 is 46.1 Å². The molecule has 2 aliphatic heterocycles. The van der Waals surface area contributed by atoms with Crippen molar-refractivity contribution in [1.82, 2.24) is 0 Å². The molecule has 2 aliphatic rings. The van der Waals surface area contributed by atoms with E-state index in [9.17, 15) is 9.90 Å². The number of fused-ring (bicyclic) bond motifs is 1. The maximum Gasteiger partial charge on any atom is 0.344 e. The topological polar surface area (TPSA) is 77.4 Å². The molecule has 0 unspecified atom stereocenters. The number of hydrogen-bond donors (Lipinski definition) is 1. The largest absolute Gasteiger partial charge is 0.506 e. The molecular weight excluding hydrogens is 402 g/mol. The molecule has 28 heavy (non-hydrogen) atoms. The van der Waals surface area contributed by atoms with Crippen LogP contribution in [0.5, 0.6) is 11.5 Å². The molecule has 0 bridgehead atoms. The number of methoxy groups -OCH3 is 1. The van der Waals surface area contributed by atoms with E-state index in [2.05, 4.69) is 4.99 Å². The number of thioether (sulfide) groups is 1. The van der Waals surface area contributed by atoms with Crippen molar-refractivity contribution < 1.29 is 24.1 Å². The first kappa shape index (κ1) is 18.5. The van der Waals surface area contributed by atoms with Gasteiger partial charge in [-0.2, -0.15) is 0 Å². The minimum atomic E-state index is -0.667. The van der Waals surface area contributed by atoms with E-state index in [1.54, 1.807) is 42.5 Å². The van der Waals surface area contributed by atoms with Gasteiger partial charge >= 0.3 is 5.97 Å². The van der Waals surface area contributed by atoms with Crippen molar-refractivity contribution in [2.75, 3.05) is 13.9 Å². The Morgan fingerprint density at radius 1 is 1.25 bits per heavy atom. The highest BCUT2D eigenvalue weighted by atomic mass is 35.5. The molecule has 0 radical (unpaired) electrons. The van der Waals surface area contributed by atoms with Crippen LogP contribution in [-0.4, -0.2) is 30.0 Å². The molecule has 4 rings (SSSR count). The molecular formula is C20H14ClNO5S. The lowest BCUT2D eigenvalue weighted by Gasteiger charge is -2.02. The second-order valence-electron chi connectivity index (χ2n) is 5.84. The Morgan fingerprint density at radius 2 is 2.07 bits per heavy atom. The van der Waals surface area contributed by atoms with Crippen molar-refractivity contribution in [3.8, 4) is 11.5 Å². The molecule has 0 saturated heterocycles. The number of halogens is 1. The third-order valence-electron chi connectivity index (χ3n) is 4.01. The second-order valence-corrected chi connectivity index (χ2v) is 7.30. The molecule has 0 amide bonds. The minimum absolute atomic E-state index is 0.0134. The van der Waals surface area contributed by atoms with Gasteiger partial charge in [0.25, 0.3) is 0 Å². The SMILES string of the molecule is COC(=O)C1=C(O)/C(=C\c2ccc3c(c2)OCO3)SC1=Nc1cccc(Cl)c1. The Morgan fingerprint density at radius 3 is 2.86 bits per heavy atom. The normalized spacial score (nSPS) is 18.2. The van der Waals surface area contributed by atoms with Gasteiger partial charge in [0.2, 0.25) is 6.79 Å². The van der Waals surface area contributed by atoms with Crippen LogP contribution in [0.3, 0.4) is 0 Å². The van der Waals surface area contributed by atoms with E-state index in [-0.39, 0.29) is 18.1 Å². The summed E-state index contributed by atoms with van der Waals surface area (Å²) in [5.41, 5.74) is 1.36. The summed E-state index contributed by atoms with van der Waals surface area (Å²) in [4.78, 5) is 17.2. The van der Waals surface area contributed by atoms with E-state index in [0.29, 0.717) is 32.2 Å². The van der Waals surface area contributed by atoms with Gasteiger partial charge in [-0.1, -0.05) is 35.5 Å². The van der Waals surface area contributed by atoms with Crippen LogP contribution < -0.4 is 9.47 Å². The lowest BCUT2D eigenvalue weighted by molar-refractivity contribution is -0.135. The summed E-state index contributed by atoms with van der Waals surface area (Å²) in [5.74, 6) is 0.441. The smallest absolute Gasteiger partial charge is 0.344 e. The molecule has 1 N–H and O–H groups in total. The van der Waals surface area contributed by atoms with Crippen LogP contribution >= 0.6 is 23.4 Å². The van der Waals surface area contributed by atoms with Crippen molar-refractivity contribution in [1.29, 1.82) is 0 Å². The molecule has 0 aliphatic carbocycles. The summed E-state index contributed by atoms with van der Waals surface area (Å²) < 4.78 is 15.5. The molecule has 0 spiro atoms. The molecule has 0 atom stereocenters. The summed E-state index contributed by atoms with van der Waals surface area (Å²) in [7, 11) is 1.25. The molecule has 2 aromatic carbocycles. The Hall–Kier alpha value is -2.90. The summed E-state index contributed by atoms with van der Waals surface area (Å²) in [6.07, 6.45) is 1.74. The predicted molar refractivity (Wildman–Crippen MR) is 108 cm³/mol. The highest BCUT2D eigenvalue weighted by Crippen LogP contribution is 2.41. The van der Waals surface area contributed by atoms with Crippen molar-refractivity contribution in [2.45, 2.75) is 0 Å². The number of aliphatic hydroxyl groups excluding tert-OH is 1. The Labute approximate surface area is 170 Å². The Balaban J connectivity index is 1.73. The number of aliphatic imine (C=N–C) groups is 1. The highest BCUT2D eigenvalue weighted by molar-refractivity contribution is 8.18. The number of ether oxygens (including phenoxy) is 3. The number of carbonyl (C=O) groups is 1. The van der Waals surface area contributed by atoms with E-state index in [1.807, 2.05) is 6.07 Å². The first-order chi connectivity index (χ1) is 13.5. The van der Waals surface area contributed by atoms with E-state index < -0.39 is 5.97 Å². The number of carbonyl (C=O) groups excluding carboxylic acids is 1. The van der Waals surface area contributed by atoms with Gasteiger partial charge in [-0.15, -0.1) is 0 Å². The van der Waals surface area contributed by atoms with Gasteiger partial charge in [0.1, 0.15) is 16.4 Å². The van der Waals surface area contributed by atoms with Crippen molar-refractivity contribution in [2.24, 2.45) is 4.99 Å². The second kappa shape index (κ2) is 7.61. The highest BCUT2D eigenvalue weighted by Gasteiger charge is 2.33. The minimum Gasteiger partial charge on any atom is -0.506 e. The fourth-order valence-electron chi connectivity index (χ4n) is 2.71. The van der Waals surface area contributed by atoms with Gasteiger partial charge in [-0.05, 0) is 42.0 Å². The first-order valence-electron chi connectivity index (χ1n) is 8.21. The zero-order valence-electron chi connectivity index (χ0n) is 14.6. The van der Waals surface area contributed by atoms with Crippen LogP contribution in [0.1, 0.15) is 5.56 Å². The zero-order valence-corrected chi connectivity index (χ0v) is 16.2. The van der Waals surface area contributed by atoms with Gasteiger partial charge in [-0.25, -0.2) is 9.79 Å². The summed E-state index contributed by atoms with van der Waals surface area (Å²) in [6.45, 7) is 0.179. The van der Waals surface area contributed by atoms with Gasteiger partial charge in [0.05, 0.1) is 17.7 Å². The molecule has 142 valence electrons. The summed E-state index contributed by atoms with van der Waals surface area (Å²) >= 11 is 7.18. The molecule has 8 heteroatoms. The number of nitrogens with zero attached hydrogens (tertiary/aromatic N) is 1. The molecule has 2 heterocycles. The summed E-state index contributed by atoms with van der Waals surface area (Å²) in [5, 5.41) is 11.5. The first-order valence-corrected chi connectivity index (χ1v) is 9.40. The number of esters is 1. The van der Waals surface area contributed by atoms with E-state index >= 15 is 0 Å². The zero-order chi connectivity index (χ0) is 19.7. The van der Waals surface area contributed by atoms with Gasteiger partial charge in [0.15, 0.2) is 11.5 Å². The maximum absolute atomic E-state index is 12.2. The van der Waals surface area contributed by atoms with Crippen LogP contribution in [0.4, 0.5) is 5.69 Å². The standard InChI is InChI=1S/C20H14ClNO5S/c1-25-20(24)17-18(23)16(8-11-5-6-14-15(7-11)27-10-26-14)28-19(17)22-13-4-2-3-12(21)9-13/h2-9,23H,10H2,1H3/b16-8+,22-19?. The number of aliphatic hydroxyl groups is 1. The quantitative estimate of drug-likeness (QED) is 0.720. The van der Waals surface area contributed by atoms with Crippen molar-refractivity contribution in [3.05, 3.63) is 69.3 Å². The molecule has 2 aromatic rings. The van der Waals surface area contributed by atoms with E-state index in [4.69, 9.17) is 25.8 Å². The number of hydrogen-bond acceptors (Lipinski definition) is 7. The molecule has 0 aromatic heterocycles. The maximum atomic E-state index is 12.2. The third-order valence-corrected chi connectivity index (χ3v) is 5.27. The third kappa shape index (κ3) is 3.58. The fraction of sp³-hybridized carbons (Fsp3) is 0.100. The van der Waals surface area contributed by atoms with Crippen LogP contribution in [0, 0.1) is 0 Å². The average molecular weight is 416 g/mol. The number of rotatable bonds is 3. The lowest BCUT2D eigenvalue weighted by atomic mass is 10.1. The molecule has 0 fully saturated rings. The molecule has 6 nitrogen and oxygen atoms in total. The van der Waals surface area contributed by atoms with Crippen molar-refractivity contribution in [3.63, 3.8) is 0 Å². The number of benzene rings is 2.